The minimum atomic E-state index is 0.187. The minimum absolute atomic E-state index is 0.187. The largest absolute Gasteiger partial charge is 0.493 e. The summed E-state index contributed by atoms with van der Waals surface area (Å²) in [5.41, 5.74) is 1.93. The number of likely N-dealkylation sites (tertiary alicyclic amines) is 1. The van der Waals surface area contributed by atoms with E-state index in [4.69, 9.17) is 4.74 Å². The quantitative estimate of drug-likeness (QED) is 0.848. The van der Waals surface area contributed by atoms with Crippen molar-refractivity contribution in [1.29, 1.82) is 0 Å². The molecule has 0 atom stereocenters. The van der Waals surface area contributed by atoms with Crippen LogP contribution in [0.15, 0.2) is 42.9 Å². The Labute approximate surface area is 142 Å². The van der Waals surface area contributed by atoms with Crippen LogP contribution < -0.4 is 4.74 Å². The second kappa shape index (κ2) is 7.90. The SMILES string of the molecule is Cc1cc(OCC2CCN(C(=O)Cc3cccnc3)CC2)ccn1. The van der Waals surface area contributed by atoms with E-state index in [0.717, 1.165) is 42.9 Å². The van der Waals surface area contributed by atoms with E-state index in [0.29, 0.717) is 18.9 Å². The van der Waals surface area contributed by atoms with E-state index in [-0.39, 0.29) is 5.91 Å². The second-order valence-electron chi connectivity index (χ2n) is 6.31. The third kappa shape index (κ3) is 4.54. The van der Waals surface area contributed by atoms with E-state index in [9.17, 15) is 4.79 Å². The fraction of sp³-hybridized carbons (Fsp3) is 0.421. The Kier molecular flexibility index (Phi) is 5.41. The molecule has 5 heteroatoms. The van der Waals surface area contributed by atoms with Crippen molar-refractivity contribution < 1.29 is 9.53 Å². The Morgan fingerprint density at radius 3 is 2.83 bits per heavy atom. The van der Waals surface area contributed by atoms with Gasteiger partial charge in [0.15, 0.2) is 0 Å². The van der Waals surface area contributed by atoms with E-state index in [1.165, 1.54) is 0 Å². The van der Waals surface area contributed by atoms with E-state index < -0.39 is 0 Å². The highest BCUT2D eigenvalue weighted by Gasteiger charge is 2.23. The molecular weight excluding hydrogens is 302 g/mol. The predicted octanol–water partition coefficient (Wildman–Crippen LogP) is 2.65. The average molecular weight is 325 g/mol. The molecule has 0 bridgehead atoms. The Morgan fingerprint density at radius 1 is 1.29 bits per heavy atom. The lowest BCUT2D eigenvalue weighted by molar-refractivity contribution is -0.132. The van der Waals surface area contributed by atoms with Gasteiger partial charge >= 0.3 is 0 Å². The van der Waals surface area contributed by atoms with Gasteiger partial charge in [-0.15, -0.1) is 0 Å². The standard InChI is InChI=1S/C19H23N3O2/c1-15-11-18(4-8-21-15)24-14-16-5-9-22(10-6-16)19(23)12-17-3-2-7-20-13-17/h2-4,7-8,11,13,16H,5-6,9-10,12,14H2,1H3. The summed E-state index contributed by atoms with van der Waals surface area (Å²) in [5, 5.41) is 0. The third-order valence-corrected chi connectivity index (χ3v) is 4.40. The maximum Gasteiger partial charge on any atom is 0.227 e. The van der Waals surface area contributed by atoms with E-state index in [2.05, 4.69) is 9.97 Å². The summed E-state index contributed by atoms with van der Waals surface area (Å²) >= 11 is 0. The fourth-order valence-electron chi connectivity index (χ4n) is 2.96. The van der Waals surface area contributed by atoms with Gasteiger partial charge in [0.25, 0.3) is 0 Å². The first-order valence-corrected chi connectivity index (χ1v) is 8.43. The van der Waals surface area contributed by atoms with Crippen molar-refractivity contribution in [3.8, 4) is 5.75 Å². The molecule has 0 unspecified atom stereocenters. The highest BCUT2D eigenvalue weighted by atomic mass is 16.5. The van der Waals surface area contributed by atoms with Crippen LogP contribution in [0.25, 0.3) is 0 Å². The lowest BCUT2D eigenvalue weighted by Crippen LogP contribution is -2.40. The number of piperidine rings is 1. The number of nitrogens with zero attached hydrogens (tertiary/aromatic N) is 3. The molecule has 0 aromatic carbocycles. The van der Waals surface area contributed by atoms with Gasteiger partial charge < -0.3 is 9.64 Å². The molecule has 1 aliphatic heterocycles. The zero-order valence-corrected chi connectivity index (χ0v) is 14.0. The van der Waals surface area contributed by atoms with Crippen molar-refractivity contribution in [2.45, 2.75) is 26.2 Å². The zero-order chi connectivity index (χ0) is 16.8. The van der Waals surface area contributed by atoms with E-state index in [1.54, 1.807) is 18.6 Å². The number of aryl methyl sites for hydroxylation is 1. The third-order valence-electron chi connectivity index (χ3n) is 4.40. The number of ether oxygens (including phenoxy) is 1. The van der Waals surface area contributed by atoms with Crippen molar-refractivity contribution in [2.75, 3.05) is 19.7 Å². The number of hydrogen-bond acceptors (Lipinski definition) is 4. The summed E-state index contributed by atoms with van der Waals surface area (Å²) < 4.78 is 5.87. The van der Waals surface area contributed by atoms with Crippen LogP contribution in [-0.2, 0) is 11.2 Å². The van der Waals surface area contributed by atoms with Gasteiger partial charge in [-0.25, -0.2) is 0 Å². The summed E-state index contributed by atoms with van der Waals surface area (Å²) in [6.45, 7) is 4.28. The van der Waals surface area contributed by atoms with Gasteiger partial charge in [0.05, 0.1) is 13.0 Å². The molecule has 1 aliphatic rings. The van der Waals surface area contributed by atoms with Crippen LogP contribution in [0.1, 0.15) is 24.1 Å². The fourth-order valence-corrected chi connectivity index (χ4v) is 2.96. The lowest BCUT2D eigenvalue weighted by Gasteiger charge is -2.32. The monoisotopic (exact) mass is 325 g/mol. The van der Waals surface area contributed by atoms with Crippen molar-refractivity contribution in [3.63, 3.8) is 0 Å². The molecule has 126 valence electrons. The van der Waals surface area contributed by atoms with E-state index in [1.807, 2.05) is 36.1 Å². The molecule has 2 aromatic rings. The highest BCUT2D eigenvalue weighted by Crippen LogP contribution is 2.20. The molecule has 1 fully saturated rings. The van der Waals surface area contributed by atoms with Crippen LogP contribution in [0.3, 0.4) is 0 Å². The summed E-state index contributed by atoms with van der Waals surface area (Å²) in [6.07, 6.45) is 7.67. The van der Waals surface area contributed by atoms with Gasteiger partial charge in [-0.1, -0.05) is 6.07 Å². The Hall–Kier alpha value is -2.43. The molecule has 1 amide bonds. The molecule has 0 spiro atoms. The van der Waals surface area contributed by atoms with Crippen LogP contribution in [0.2, 0.25) is 0 Å². The van der Waals surface area contributed by atoms with Gasteiger partial charge in [0.2, 0.25) is 5.91 Å². The first-order valence-electron chi connectivity index (χ1n) is 8.43. The Balaban J connectivity index is 1.43. The molecule has 3 rings (SSSR count). The molecule has 0 radical (unpaired) electrons. The lowest BCUT2D eigenvalue weighted by atomic mass is 9.97. The number of rotatable bonds is 5. The first-order chi connectivity index (χ1) is 11.7. The highest BCUT2D eigenvalue weighted by molar-refractivity contribution is 5.78. The maximum absolute atomic E-state index is 12.4. The second-order valence-corrected chi connectivity index (χ2v) is 6.31. The van der Waals surface area contributed by atoms with Gasteiger partial charge in [0.1, 0.15) is 5.75 Å². The summed E-state index contributed by atoms with van der Waals surface area (Å²) in [5.74, 6) is 1.56. The predicted molar refractivity (Wildman–Crippen MR) is 91.7 cm³/mol. The number of hydrogen-bond donors (Lipinski definition) is 0. The smallest absolute Gasteiger partial charge is 0.227 e. The number of carbonyl (C=O) groups excluding carboxylic acids is 1. The molecule has 5 nitrogen and oxygen atoms in total. The van der Waals surface area contributed by atoms with Crippen LogP contribution in [0.5, 0.6) is 5.75 Å². The van der Waals surface area contributed by atoms with Gasteiger partial charge in [-0.05, 0) is 43.4 Å². The van der Waals surface area contributed by atoms with Crippen LogP contribution in [0.4, 0.5) is 0 Å². The molecule has 3 heterocycles. The maximum atomic E-state index is 12.4. The number of carbonyl (C=O) groups is 1. The molecule has 24 heavy (non-hydrogen) atoms. The van der Waals surface area contributed by atoms with Crippen molar-refractivity contribution in [2.24, 2.45) is 5.92 Å². The van der Waals surface area contributed by atoms with Gasteiger partial charge in [-0.2, -0.15) is 0 Å². The van der Waals surface area contributed by atoms with Gasteiger partial charge in [-0.3, -0.25) is 14.8 Å². The number of aromatic nitrogens is 2. The normalized spacial score (nSPS) is 15.3. The molecule has 0 N–H and O–H groups in total. The number of pyridine rings is 2. The molecular formula is C19H23N3O2. The Morgan fingerprint density at radius 2 is 2.12 bits per heavy atom. The topological polar surface area (TPSA) is 55.3 Å². The van der Waals surface area contributed by atoms with Crippen LogP contribution in [-0.4, -0.2) is 40.5 Å². The Bertz CT molecular complexity index is 667. The minimum Gasteiger partial charge on any atom is -0.493 e. The van der Waals surface area contributed by atoms with Crippen molar-refractivity contribution >= 4 is 5.91 Å². The number of amides is 1. The first kappa shape index (κ1) is 16.4. The summed E-state index contributed by atoms with van der Waals surface area (Å²) in [7, 11) is 0. The van der Waals surface area contributed by atoms with E-state index >= 15 is 0 Å². The molecule has 0 aliphatic carbocycles. The van der Waals surface area contributed by atoms with Crippen molar-refractivity contribution in [1.82, 2.24) is 14.9 Å². The van der Waals surface area contributed by atoms with Crippen molar-refractivity contribution in [3.05, 3.63) is 54.1 Å². The molecule has 0 saturated carbocycles. The summed E-state index contributed by atoms with van der Waals surface area (Å²) in [6, 6.07) is 7.65. The molecule has 1 saturated heterocycles. The average Bonchev–Trinajstić information content (AvgIpc) is 2.61. The van der Waals surface area contributed by atoms with Crippen LogP contribution >= 0.6 is 0 Å². The summed E-state index contributed by atoms with van der Waals surface area (Å²) in [4.78, 5) is 22.5. The zero-order valence-electron chi connectivity index (χ0n) is 14.0. The molecule has 2 aromatic heterocycles. The van der Waals surface area contributed by atoms with Gasteiger partial charge in [0, 0.05) is 43.4 Å². The van der Waals surface area contributed by atoms with Crippen LogP contribution in [0, 0.1) is 12.8 Å².